The van der Waals surface area contributed by atoms with Crippen LogP contribution in [0.25, 0.3) is 22.3 Å². The first-order valence-corrected chi connectivity index (χ1v) is 12.5. The van der Waals surface area contributed by atoms with E-state index in [0.717, 1.165) is 9.86 Å². The summed E-state index contributed by atoms with van der Waals surface area (Å²) in [5.41, 5.74) is 0.465. The van der Waals surface area contributed by atoms with Crippen molar-refractivity contribution in [2.24, 2.45) is 5.92 Å². The van der Waals surface area contributed by atoms with Gasteiger partial charge in [-0.1, -0.05) is 28.1 Å². The van der Waals surface area contributed by atoms with Gasteiger partial charge in [-0.15, -0.1) is 0 Å². The molecule has 2 aromatic carbocycles. The van der Waals surface area contributed by atoms with Crippen molar-refractivity contribution in [1.29, 1.82) is 0 Å². The third kappa shape index (κ3) is 5.70. The average Bonchev–Trinajstić information content (AvgIpc) is 3.24. The van der Waals surface area contributed by atoms with E-state index in [0.29, 0.717) is 22.7 Å². The number of phenols is 1. The van der Waals surface area contributed by atoms with Gasteiger partial charge < -0.3 is 24.8 Å². The number of hydrogen-bond acceptors (Lipinski definition) is 8. The summed E-state index contributed by atoms with van der Waals surface area (Å²) in [6, 6.07) is 12.0. The molecule has 2 unspecified atom stereocenters. The maximum absolute atomic E-state index is 12.8. The van der Waals surface area contributed by atoms with Gasteiger partial charge in [0.05, 0.1) is 29.6 Å². The highest BCUT2D eigenvalue weighted by molar-refractivity contribution is 9.10. The smallest absolute Gasteiger partial charge is 0.410 e. The molecule has 1 amide bonds. The van der Waals surface area contributed by atoms with Crippen molar-refractivity contribution in [3.05, 3.63) is 46.9 Å². The SMILES string of the molecule is CCOC(=O)C1CN(C(=O)OC(C)(C)C)CC1Nc1nc(-c2cc(Br)ccc2O)nc2ccccc12. The van der Waals surface area contributed by atoms with E-state index in [1.807, 2.05) is 24.3 Å². The van der Waals surface area contributed by atoms with Gasteiger partial charge in [-0.05, 0) is 58.0 Å². The maximum Gasteiger partial charge on any atom is 0.410 e. The lowest BCUT2D eigenvalue weighted by Crippen LogP contribution is -2.36. The van der Waals surface area contributed by atoms with E-state index in [1.54, 1.807) is 45.9 Å². The molecule has 0 saturated carbocycles. The fraction of sp³-hybridized carbons (Fsp3) is 0.385. The Morgan fingerprint density at radius 1 is 1.17 bits per heavy atom. The van der Waals surface area contributed by atoms with Gasteiger partial charge in [-0.3, -0.25) is 4.79 Å². The molecule has 4 rings (SSSR count). The number of aromatic hydroxyl groups is 1. The second-order valence-corrected chi connectivity index (χ2v) is 10.5. The van der Waals surface area contributed by atoms with Crippen LogP contribution in [0.2, 0.25) is 0 Å². The number of para-hydroxylation sites is 1. The minimum absolute atomic E-state index is 0.0424. The van der Waals surface area contributed by atoms with Gasteiger partial charge in [-0.25, -0.2) is 14.8 Å². The van der Waals surface area contributed by atoms with Crippen LogP contribution in [0.4, 0.5) is 10.6 Å². The summed E-state index contributed by atoms with van der Waals surface area (Å²) in [6.45, 7) is 7.76. The lowest BCUT2D eigenvalue weighted by molar-refractivity contribution is -0.147. The van der Waals surface area contributed by atoms with Crippen LogP contribution in [0.1, 0.15) is 27.7 Å². The Hall–Kier alpha value is -3.40. The molecule has 10 heteroatoms. The summed E-state index contributed by atoms with van der Waals surface area (Å²) in [4.78, 5) is 36.5. The molecule has 2 atom stereocenters. The van der Waals surface area contributed by atoms with Crippen molar-refractivity contribution < 1.29 is 24.2 Å². The summed E-state index contributed by atoms with van der Waals surface area (Å²) < 4.78 is 11.6. The lowest BCUT2D eigenvalue weighted by atomic mass is 10.0. The van der Waals surface area contributed by atoms with Gasteiger partial charge in [0.2, 0.25) is 0 Å². The number of halogens is 1. The number of nitrogens with zero attached hydrogens (tertiary/aromatic N) is 3. The van der Waals surface area contributed by atoms with Crippen LogP contribution < -0.4 is 5.32 Å². The zero-order valence-electron chi connectivity index (χ0n) is 20.6. The molecule has 0 radical (unpaired) electrons. The third-order valence-electron chi connectivity index (χ3n) is 5.69. The first-order valence-electron chi connectivity index (χ1n) is 11.7. The molecule has 190 valence electrons. The van der Waals surface area contributed by atoms with Crippen molar-refractivity contribution in [2.45, 2.75) is 39.3 Å². The Bertz CT molecular complexity index is 1290. The first-order chi connectivity index (χ1) is 17.1. The van der Waals surface area contributed by atoms with E-state index < -0.39 is 29.6 Å². The van der Waals surface area contributed by atoms with Gasteiger partial charge >= 0.3 is 12.1 Å². The van der Waals surface area contributed by atoms with Gasteiger partial charge in [-0.2, -0.15) is 0 Å². The first kappa shape index (κ1) is 25.7. The highest BCUT2D eigenvalue weighted by Crippen LogP contribution is 2.33. The Morgan fingerprint density at radius 3 is 2.64 bits per heavy atom. The number of aromatic nitrogens is 2. The number of rotatable bonds is 5. The molecular weight excluding hydrogens is 528 g/mol. The second kappa shape index (κ2) is 10.3. The zero-order chi connectivity index (χ0) is 26.0. The van der Waals surface area contributed by atoms with Crippen LogP contribution in [0.15, 0.2) is 46.9 Å². The predicted octanol–water partition coefficient (Wildman–Crippen LogP) is 4.98. The minimum Gasteiger partial charge on any atom is -0.507 e. The van der Waals surface area contributed by atoms with Gasteiger partial charge in [0, 0.05) is 22.9 Å². The summed E-state index contributed by atoms with van der Waals surface area (Å²) in [7, 11) is 0. The van der Waals surface area contributed by atoms with Crippen molar-refractivity contribution in [2.75, 3.05) is 25.0 Å². The van der Waals surface area contributed by atoms with Gasteiger partial charge in [0.1, 0.15) is 17.2 Å². The minimum atomic E-state index is -0.661. The Morgan fingerprint density at radius 2 is 1.92 bits per heavy atom. The Balaban J connectivity index is 1.72. The van der Waals surface area contributed by atoms with Crippen LogP contribution in [-0.2, 0) is 14.3 Å². The molecule has 0 bridgehead atoms. The van der Waals surface area contributed by atoms with Crippen molar-refractivity contribution in [3.63, 3.8) is 0 Å². The van der Waals surface area contributed by atoms with Gasteiger partial charge in [0.25, 0.3) is 0 Å². The van der Waals surface area contributed by atoms with Crippen LogP contribution in [0.5, 0.6) is 5.75 Å². The molecule has 1 aliphatic rings. The van der Waals surface area contributed by atoms with E-state index in [2.05, 4.69) is 26.2 Å². The normalized spacial score (nSPS) is 17.8. The quantitative estimate of drug-likeness (QED) is 0.423. The third-order valence-corrected chi connectivity index (χ3v) is 6.18. The standard InChI is InChI=1S/C26H29BrN4O5/c1-5-35-24(33)18-13-31(25(34)36-26(2,3)4)14-20(18)29-22-16-8-6-7-9-19(16)28-23(30-22)17-12-15(27)10-11-21(17)32/h6-12,18,20,32H,5,13-14H2,1-4H3,(H,28,29,30). The Kier molecular flexibility index (Phi) is 7.35. The van der Waals surface area contributed by atoms with Crippen LogP contribution >= 0.6 is 15.9 Å². The zero-order valence-corrected chi connectivity index (χ0v) is 22.2. The fourth-order valence-corrected chi connectivity index (χ4v) is 4.44. The number of hydrogen-bond donors (Lipinski definition) is 2. The lowest BCUT2D eigenvalue weighted by Gasteiger charge is -2.24. The number of anilines is 1. The number of ether oxygens (including phenoxy) is 2. The molecule has 0 aliphatic carbocycles. The number of amides is 1. The summed E-state index contributed by atoms with van der Waals surface area (Å²) in [5.74, 6) is -0.163. The second-order valence-electron chi connectivity index (χ2n) is 9.57. The highest BCUT2D eigenvalue weighted by Gasteiger charge is 2.42. The summed E-state index contributed by atoms with van der Waals surface area (Å²) in [6.07, 6.45) is -0.492. The number of benzene rings is 2. The van der Waals surface area contributed by atoms with Gasteiger partial charge in [0.15, 0.2) is 5.82 Å². The van der Waals surface area contributed by atoms with E-state index in [4.69, 9.17) is 14.5 Å². The topological polar surface area (TPSA) is 114 Å². The number of carbonyl (C=O) groups is 2. The molecule has 36 heavy (non-hydrogen) atoms. The summed E-state index contributed by atoms with van der Waals surface area (Å²) >= 11 is 3.43. The van der Waals surface area contributed by atoms with Crippen LogP contribution in [0.3, 0.4) is 0 Å². The highest BCUT2D eigenvalue weighted by atomic mass is 79.9. The molecule has 2 heterocycles. The van der Waals surface area contributed by atoms with Crippen molar-refractivity contribution >= 4 is 44.7 Å². The van der Waals surface area contributed by atoms with Crippen molar-refractivity contribution in [3.8, 4) is 17.1 Å². The van der Waals surface area contributed by atoms with Crippen LogP contribution in [0, 0.1) is 5.92 Å². The predicted molar refractivity (Wildman–Crippen MR) is 140 cm³/mol. The Labute approximate surface area is 218 Å². The maximum atomic E-state index is 12.8. The molecule has 1 saturated heterocycles. The van der Waals surface area contributed by atoms with Crippen molar-refractivity contribution in [1.82, 2.24) is 14.9 Å². The number of likely N-dealkylation sites (tertiary alicyclic amines) is 1. The molecule has 3 aromatic rings. The number of nitrogens with one attached hydrogen (secondary N) is 1. The molecule has 1 aliphatic heterocycles. The van der Waals surface area contributed by atoms with E-state index in [-0.39, 0.29) is 25.4 Å². The molecule has 9 nitrogen and oxygen atoms in total. The number of carbonyl (C=O) groups excluding carboxylic acids is 2. The molecule has 0 spiro atoms. The van der Waals surface area contributed by atoms with E-state index in [9.17, 15) is 14.7 Å². The number of fused-ring (bicyclic) bond motifs is 1. The molecule has 1 aromatic heterocycles. The molecule has 2 N–H and O–H groups in total. The van der Waals surface area contributed by atoms with E-state index in [1.165, 1.54) is 4.90 Å². The van der Waals surface area contributed by atoms with E-state index >= 15 is 0 Å². The largest absolute Gasteiger partial charge is 0.507 e. The van der Waals surface area contributed by atoms with Crippen LogP contribution in [-0.4, -0.2) is 63.4 Å². The fourth-order valence-electron chi connectivity index (χ4n) is 4.08. The monoisotopic (exact) mass is 556 g/mol. The molecular formula is C26H29BrN4O5. The summed E-state index contributed by atoms with van der Waals surface area (Å²) in [5, 5.41) is 14.6. The number of esters is 1. The molecule has 1 fully saturated rings. The number of phenolic OH excluding ortho intramolecular Hbond substituents is 1. The average molecular weight is 557 g/mol.